The molecule has 0 aromatic heterocycles. The first kappa shape index (κ1) is 17.6. The predicted octanol–water partition coefficient (Wildman–Crippen LogP) is 6.64. The topological polar surface area (TPSA) is 9.23 Å². The van der Waals surface area contributed by atoms with E-state index in [1.54, 1.807) is 0 Å². The summed E-state index contributed by atoms with van der Waals surface area (Å²) in [5.41, 5.74) is 1.27. The van der Waals surface area contributed by atoms with Gasteiger partial charge in [-0.2, -0.15) is 0 Å². The summed E-state index contributed by atoms with van der Waals surface area (Å²) in [6, 6.07) is 0. The highest BCUT2D eigenvalue weighted by Gasteiger charge is 2.58. The van der Waals surface area contributed by atoms with Gasteiger partial charge in [-0.3, -0.25) is 0 Å². The predicted molar refractivity (Wildman–Crippen MR) is 105 cm³/mol. The highest BCUT2D eigenvalue weighted by atomic mass is 28.4. The first-order chi connectivity index (χ1) is 11.2. The van der Waals surface area contributed by atoms with Crippen molar-refractivity contribution in [1.82, 2.24) is 0 Å². The molecule has 24 heavy (non-hydrogen) atoms. The zero-order chi connectivity index (χ0) is 17.2. The van der Waals surface area contributed by atoms with Gasteiger partial charge >= 0.3 is 0 Å². The minimum Gasteiger partial charge on any atom is -0.415 e. The molecule has 0 unspecified atom stereocenters. The Morgan fingerprint density at radius 3 is 2.42 bits per heavy atom. The van der Waals surface area contributed by atoms with Crippen molar-refractivity contribution in [3.05, 3.63) is 0 Å². The van der Waals surface area contributed by atoms with E-state index in [4.69, 9.17) is 4.43 Å². The van der Waals surface area contributed by atoms with Gasteiger partial charge in [-0.1, -0.05) is 26.7 Å². The molecule has 4 rings (SSSR count). The van der Waals surface area contributed by atoms with Crippen molar-refractivity contribution in [2.75, 3.05) is 0 Å². The molecule has 0 saturated heterocycles. The van der Waals surface area contributed by atoms with Crippen molar-refractivity contribution in [1.29, 1.82) is 0 Å². The van der Waals surface area contributed by atoms with Gasteiger partial charge in [0.2, 0.25) is 0 Å². The molecular weight excluding hydrogens is 308 g/mol. The van der Waals surface area contributed by atoms with Crippen LogP contribution >= 0.6 is 0 Å². The maximum atomic E-state index is 6.61. The van der Waals surface area contributed by atoms with Crippen LogP contribution in [0.2, 0.25) is 19.6 Å². The molecule has 0 N–H and O–H groups in total. The van der Waals surface area contributed by atoms with E-state index in [2.05, 4.69) is 33.5 Å². The van der Waals surface area contributed by atoms with Crippen LogP contribution in [0.25, 0.3) is 0 Å². The van der Waals surface area contributed by atoms with Gasteiger partial charge in [-0.15, -0.1) is 0 Å². The summed E-state index contributed by atoms with van der Waals surface area (Å²) in [7, 11) is -1.41. The third-order valence-corrected chi connectivity index (χ3v) is 9.87. The van der Waals surface area contributed by atoms with E-state index in [-0.39, 0.29) is 0 Å². The fourth-order valence-corrected chi connectivity index (χ4v) is 9.06. The number of hydrogen-bond donors (Lipinski definition) is 0. The second kappa shape index (κ2) is 5.84. The van der Waals surface area contributed by atoms with Gasteiger partial charge in [-0.25, -0.2) is 0 Å². The van der Waals surface area contributed by atoms with Gasteiger partial charge in [0.15, 0.2) is 8.32 Å². The SMILES string of the molecule is C[C@]12CC[C@H]3[C@@H](CC[C@H]4CCCC[C@@]43C)[C@@H]1C[C@@H](O[Si](C)(C)C)C2. The van der Waals surface area contributed by atoms with Crippen molar-refractivity contribution >= 4 is 8.32 Å². The molecule has 138 valence electrons. The summed E-state index contributed by atoms with van der Waals surface area (Å²) in [5, 5.41) is 0. The molecule has 4 aliphatic carbocycles. The van der Waals surface area contributed by atoms with E-state index in [0.29, 0.717) is 16.9 Å². The van der Waals surface area contributed by atoms with Crippen LogP contribution in [-0.2, 0) is 4.43 Å². The molecule has 7 atom stereocenters. The monoisotopic (exact) mass is 348 g/mol. The minimum absolute atomic E-state index is 0.572. The molecule has 0 heterocycles. The van der Waals surface area contributed by atoms with E-state index in [0.717, 1.165) is 23.7 Å². The van der Waals surface area contributed by atoms with Gasteiger partial charge in [0.1, 0.15) is 0 Å². The van der Waals surface area contributed by atoms with E-state index in [1.807, 2.05) is 0 Å². The van der Waals surface area contributed by atoms with Crippen LogP contribution < -0.4 is 0 Å². The number of fused-ring (bicyclic) bond motifs is 5. The third-order valence-electron chi connectivity index (χ3n) is 8.83. The van der Waals surface area contributed by atoms with Crippen LogP contribution in [0, 0.1) is 34.5 Å². The number of hydrogen-bond acceptors (Lipinski definition) is 1. The molecule has 0 amide bonds. The van der Waals surface area contributed by atoms with Crippen molar-refractivity contribution in [2.24, 2.45) is 34.5 Å². The molecule has 0 aromatic carbocycles. The Balaban J connectivity index is 1.55. The molecular formula is C22H40OSi. The molecule has 1 nitrogen and oxygen atoms in total. The summed E-state index contributed by atoms with van der Waals surface area (Å²) in [4.78, 5) is 0. The van der Waals surface area contributed by atoms with E-state index >= 15 is 0 Å². The van der Waals surface area contributed by atoms with Crippen LogP contribution in [0.15, 0.2) is 0 Å². The molecule has 0 bridgehead atoms. The zero-order valence-electron chi connectivity index (χ0n) is 16.9. The maximum absolute atomic E-state index is 6.61. The van der Waals surface area contributed by atoms with Gasteiger partial charge in [0.25, 0.3) is 0 Å². The van der Waals surface area contributed by atoms with Crippen LogP contribution in [0.1, 0.15) is 78.1 Å². The van der Waals surface area contributed by atoms with Gasteiger partial charge < -0.3 is 4.43 Å². The first-order valence-corrected chi connectivity index (χ1v) is 14.3. The second-order valence-electron chi connectivity index (χ2n) is 11.4. The summed E-state index contributed by atoms with van der Waals surface area (Å²) < 4.78 is 6.61. The van der Waals surface area contributed by atoms with E-state index in [9.17, 15) is 0 Å². The largest absolute Gasteiger partial charge is 0.415 e. The van der Waals surface area contributed by atoms with Gasteiger partial charge in [-0.05, 0) is 106 Å². The summed E-state index contributed by atoms with van der Waals surface area (Å²) in [6.07, 6.45) is 15.4. The first-order valence-electron chi connectivity index (χ1n) is 10.9. The molecule has 0 spiro atoms. The van der Waals surface area contributed by atoms with Gasteiger partial charge in [0, 0.05) is 6.10 Å². The zero-order valence-corrected chi connectivity index (χ0v) is 17.9. The van der Waals surface area contributed by atoms with E-state index in [1.165, 1.54) is 64.2 Å². The average Bonchev–Trinajstić information content (AvgIpc) is 2.80. The highest BCUT2D eigenvalue weighted by Crippen LogP contribution is 2.66. The van der Waals surface area contributed by atoms with Crippen LogP contribution in [0.5, 0.6) is 0 Å². The molecule has 4 saturated carbocycles. The fourth-order valence-electron chi connectivity index (χ4n) is 7.88. The van der Waals surface area contributed by atoms with Crippen molar-refractivity contribution in [2.45, 2.75) is 104 Å². The lowest BCUT2D eigenvalue weighted by Crippen LogP contribution is -2.51. The second-order valence-corrected chi connectivity index (χ2v) is 15.8. The smallest absolute Gasteiger partial charge is 0.184 e. The lowest BCUT2D eigenvalue weighted by molar-refractivity contribution is -0.103. The standard InChI is InChI=1S/C22H40OSi/c1-21-13-11-19-18(10-9-16-8-6-7-12-22(16,19)2)20(21)14-17(15-21)23-24(3,4)5/h16-20H,6-15H2,1-5H3/t16-,17-,18-,19+,20+,21-,22+/m1/s1. The van der Waals surface area contributed by atoms with Crippen molar-refractivity contribution in [3.8, 4) is 0 Å². The molecule has 4 fully saturated rings. The quantitative estimate of drug-likeness (QED) is 0.508. The Morgan fingerprint density at radius 2 is 1.67 bits per heavy atom. The number of rotatable bonds is 2. The third kappa shape index (κ3) is 2.84. The van der Waals surface area contributed by atoms with Crippen molar-refractivity contribution in [3.63, 3.8) is 0 Å². The average molecular weight is 349 g/mol. The Labute approximate surface area is 151 Å². The Hall–Kier alpha value is 0.177. The Bertz CT molecular complexity index is 483. The molecule has 4 aliphatic rings. The lowest BCUT2D eigenvalue weighted by atomic mass is 9.45. The van der Waals surface area contributed by atoms with Crippen molar-refractivity contribution < 1.29 is 4.43 Å². The Morgan fingerprint density at radius 1 is 0.875 bits per heavy atom. The molecule has 2 heteroatoms. The van der Waals surface area contributed by atoms with Crippen LogP contribution in [0.4, 0.5) is 0 Å². The minimum atomic E-state index is -1.41. The van der Waals surface area contributed by atoms with Crippen LogP contribution in [-0.4, -0.2) is 14.4 Å². The summed E-state index contributed by atoms with van der Waals surface area (Å²) in [6.45, 7) is 12.4. The fraction of sp³-hybridized carbons (Fsp3) is 1.00. The highest BCUT2D eigenvalue weighted by molar-refractivity contribution is 6.69. The lowest BCUT2D eigenvalue weighted by Gasteiger charge is -2.60. The Kier molecular flexibility index (Phi) is 4.28. The normalized spacial score (nSPS) is 51.6. The maximum Gasteiger partial charge on any atom is 0.184 e. The summed E-state index contributed by atoms with van der Waals surface area (Å²) in [5.74, 6) is 4.04. The molecule has 0 radical (unpaired) electrons. The van der Waals surface area contributed by atoms with Gasteiger partial charge in [0.05, 0.1) is 0 Å². The summed E-state index contributed by atoms with van der Waals surface area (Å²) >= 11 is 0. The molecule has 0 aliphatic heterocycles. The van der Waals surface area contributed by atoms with E-state index < -0.39 is 8.32 Å². The molecule has 0 aromatic rings. The van der Waals surface area contributed by atoms with Crippen LogP contribution in [0.3, 0.4) is 0 Å².